The van der Waals surface area contributed by atoms with Crippen LogP contribution in [0, 0.1) is 0 Å². The fourth-order valence-corrected chi connectivity index (χ4v) is 1.09. The van der Waals surface area contributed by atoms with Gasteiger partial charge in [-0.05, 0) is 0 Å². The maximum absolute atomic E-state index is 11.9. The van der Waals surface area contributed by atoms with Crippen molar-refractivity contribution in [2.24, 2.45) is 0 Å². The van der Waals surface area contributed by atoms with E-state index in [0.717, 1.165) is 0 Å². The first-order chi connectivity index (χ1) is 5.57. The molecular weight excluding hydrogens is 171 g/mol. The molecule has 0 aromatic carbocycles. The van der Waals surface area contributed by atoms with Crippen LogP contribution in [0.3, 0.4) is 0 Å². The predicted octanol–water partition coefficient (Wildman–Crippen LogP) is -2.24. The van der Waals surface area contributed by atoms with Crippen molar-refractivity contribution in [2.45, 2.75) is 30.7 Å². The fourth-order valence-electron chi connectivity index (χ4n) is 1.09. The van der Waals surface area contributed by atoms with Crippen molar-refractivity contribution in [3.8, 4) is 0 Å². The topological polar surface area (TPSA) is 90.2 Å². The molecule has 1 rings (SSSR count). The molecule has 12 heavy (non-hydrogen) atoms. The molecule has 1 saturated heterocycles. The Kier molecular flexibility index (Phi) is 2.97. The second-order valence-corrected chi connectivity index (χ2v) is 2.69. The lowest BCUT2D eigenvalue weighted by molar-refractivity contribution is -0.147. The molecule has 1 aliphatic rings. The Balaban J connectivity index is 2.58. The molecule has 0 saturated carbocycles. The van der Waals surface area contributed by atoms with E-state index in [1.165, 1.54) is 0 Å². The molecule has 0 unspecified atom stereocenters. The van der Waals surface area contributed by atoms with E-state index in [4.69, 9.17) is 20.4 Å². The molecule has 0 aliphatic carbocycles. The van der Waals surface area contributed by atoms with Crippen LogP contribution in [-0.2, 0) is 4.74 Å². The average Bonchev–Trinajstić information content (AvgIpc) is 2.32. The summed E-state index contributed by atoms with van der Waals surface area (Å²) in [7, 11) is 0. The number of ether oxygens (including phenoxy) is 1. The van der Waals surface area contributed by atoms with Gasteiger partial charge >= 0.3 is 0 Å². The maximum Gasteiger partial charge on any atom is 0.184 e. The van der Waals surface area contributed by atoms with Gasteiger partial charge in [-0.1, -0.05) is 0 Å². The third-order valence-corrected chi connectivity index (χ3v) is 1.81. The molecule has 72 valence electrons. The van der Waals surface area contributed by atoms with E-state index < -0.39 is 37.4 Å². The van der Waals surface area contributed by atoms with Crippen molar-refractivity contribution < 1.29 is 29.6 Å². The van der Waals surface area contributed by atoms with Gasteiger partial charge in [0.1, 0.15) is 31.1 Å². The normalized spacial score (nSPS) is 44.8. The molecule has 0 amide bonds. The van der Waals surface area contributed by atoms with Gasteiger partial charge in [0, 0.05) is 0 Å². The first-order valence-corrected chi connectivity index (χ1v) is 3.51. The van der Waals surface area contributed by atoms with E-state index in [2.05, 4.69) is 4.74 Å². The number of rotatable bonds is 2. The molecule has 0 aromatic rings. The average molecular weight is 182 g/mol. The molecule has 1 fully saturated rings. The van der Waals surface area contributed by atoms with Gasteiger partial charge < -0.3 is 25.2 Å². The molecule has 0 spiro atoms. The number of aliphatic hydroxyl groups excluding tert-OH is 4. The maximum atomic E-state index is 11.9. The van der Waals surface area contributed by atoms with Crippen LogP contribution in [0.2, 0.25) is 0 Å². The Bertz CT molecular complexity index is 155. The van der Waals surface area contributed by atoms with Crippen molar-refractivity contribution in [3.63, 3.8) is 0 Å². The highest BCUT2D eigenvalue weighted by molar-refractivity contribution is 4.89. The van der Waals surface area contributed by atoms with Crippen LogP contribution in [0.25, 0.3) is 0 Å². The van der Waals surface area contributed by atoms with E-state index in [9.17, 15) is 4.39 Å². The van der Waals surface area contributed by atoms with Crippen LogP contribution in [0.4, 0.5) is 4.39 Å². The van der Waals surface area contributed by atoms with Crippen molar-refractivity contribution in [1.82, 2.24) is 0 Å². The second-order valence-electron chi connectivity index (χ2n) is 2.69. The predicted molar refractivity (Wildman–Crippen MR) is 34.9 cm³/mol. The SMILES string of the molecule is O[C@@H]1[C@@H](O)[C@H](O)O[C@H]1[C@H](O)CF. The highest BCUT2D eigenvalue weighted by Crippen LogP contribution is 2.22. The first kappa shape index (κ1) is 9.82. The van der Waals surface area contributed by atoms with E-state index in [0.29, 0.717) is 0 Å². The zero-order chi connectivity index (χ0) is 9.30. The smallest absolute Gasteiger partial charge is 0.184 e. The van der Waals surface area contributed by atoms with E-state index in [1.807, 2.05) is 0 Å². The van der Waals surface area contributed by atoms with E-state index >= 15 is 0 Å². The van der Waals surface area contributed by atoms with Crippen molar-refractivity contribution in [1.29, 1.82) is 0 Å². The third kappa shape index (κ3) is 1.57. The standard InChI is InChI=1S/C6H11FO5/c7-1-2(8)5-3(9)4(10)6(11)12-5/h2-6,8-11H,1H2/t2-,3-,4-,5+,6-/m1/s1. The lowest BCUT2D eigenvalue weighted by Gasteiger charge is -2.17. The second kappa shape index (κ2) is 3.63. The van der Waals surface area contributed by atoms with E-state index in [1.54, 1.807) is 0 Å². The highest BCUT2D eigenvalue weighted by atomic mass is 19.1. The van der Waals surface area contributed by atoms with E-state index in [-0.39, 0.29) is 0 Å². The van der Waals surface area contributed by atoms with Crippen molar-refractivity contribution in [2.75, 3.05) is 6.67 Å². The largest absolute Gasteiger partial charge is 0.388 e. The minimum absolute atomic E-state index is 1.10. The molecule has 5 nitrogen and oxygen atoms in total. The molecule has 5 atom stereocenters. The fraction of sp³-hybridized carbons (Fsp3) is 1.00. The summed E-state index contributed by atoms with van der Waals surface area (Å²) in [6.07, 6.45) is -7.29. The summed E-state index contributed by atoms with van der Waals surface area (Å²) in [5.74, 6) is 0. The minimum atomic E-state index is -1.56. The van der Waals surface area contributed by atoms with Crippen LogP contribution in [0.5, 0.6) is 0 Å². The zero-order valence-corrected chi connectivity index (χ0v) is 6.17. The molecule has 6 heteroatoms. The van der Waals surface area contributed by atoms with Crippen LogP contribution >= 0.6 is 0 Å². The molecule has 0 aromatic heterocycles. The minimum Gasteiger partial charge on any atom is -0.388 e. The number of hydrogen-bond acceptors (Lipinski definition) is 5. The van der Waals surface area contributed by atoms with Crippen LogP contribution in [0.1, 0.15) is 0 Å². The summed E-state index contributed by atoms with van der Waals surface area (Å²) in [4.78, 5) is 0. The monoisotopic (exact) mass is 182 g/mol. The van der Waals surface area contributed by atoms with Gasteiger partial charge in [0.25, 0.3) is 0 Å². The Labute approximate surface area is 68.0 Å². The molecule has 4 N–H and O–H groups in total. The quantitative estimate of drug-likeness (QED) is 0.387. The van der Waals surface area contributed by atoms with Gasteiger partial charge in [-0.15, -0.1) is 0 Å². The zero-order valence-electron chi connectivity index (χ0n) is 6.17. The lowest BCUT2D eigenvalue weighted by Crippen LogP contribution is -2.39. The Hall–Kier alpha value is -0.270. The summed E-state index contributed by atoms with van der Waals surface area (Å²) in [5, 5.41) is 35.7. The molecule has 0 bridgehead atoms. The number of alkyl halides is 1. The van der Waals surface area contributed by atoms with Crippen LogP contribution < -0.4 is 0 Å². The first-order valence-electron chi connectivity index (χ1n) is 3.51. The Morgan fingerprint density at radius 3 is 2.17 bits per heavy atom. The lowest BCUT2D eigenvalue weighted by atomic mass is 10.1. The number of halogens is 1. The molecule has 1 aliphatic heterocycles. The van der Waals surface area contributed by atoms with Gasteiger partial charge in [0.15, 0.2) is 6.29 Å². The number of aliphatic hydroxyl groups is 4. The van der Waals surface area contributed by atoms with Gasteiger partial charge in [-0.3, -0.25) is 0 Å². The molecule has 0 radical (unpaired) electrons. The summed E-state index contributed by atoms with van der Waals surface area (Å²) in [6.45, 7) is -1.10. The van der Waals surface area contributed by atoms with Gasteiger partial charge in [0.2, 0.25) is 0 Å². The summed E-state index contributed by atoms with van der Waals surface area (Å²) >= 11 is 0. The number of hydrogen-bond donors (Lipinski definition) is 4. The van der Waals surface area contributed by atoms with Gasteiger partial charge in [0.05, 0.1) is 0 Å². The summed E-state index contributed by atoms with van der Waals surface area (Å²) < 4.78 is 16.4. The molecule has 1 heterocycles. The Morgan fingerprint density at radius 2 is 1.83 bits per heavy atom. The van der Waals surface area contributed by atoms with Crippen molar-refractivity contribution in [3.05, 3.63) is 0 Å². The third-order valence-electron chi connectivity index (χ3n) is 1.81. The molecular formula is C6H11FO5. The van der Waals surface area contributed by atoms with Crippen LogP contribution in [0.15, 0.2) is 0 Å². The van der Waals surface area contributed by atoms with Crippen molar-refractivity contribution >= 4 is 0 Å². The summed E-state index contributed by atoms with van der Waals surface area (Å²) in [6, 6.07) is 0. The van der Waals surface area contributed by atoms with Crippen LogP contribution in [-0.4, -0.2) is 57.8 Å². The van der Waals surface area contributed by atoms with Gasteiger partial charge in [-0.25, -0.2) is 4.39 Å². The van der Waals surface area contributed by atoms with Gasteiger partial charge in [-0.2, -0.15) is 0 Å². The highest BCUT2D eigenvalue weighted by Gasteiger charge is 2.45. The Morgan fingerprint density at radius 1 is 1.25 bits per heavy atom. The summed E-state index contributed by atoms with van der Waals surface area (Å²) in [5.41, 5.74) is 0.